The number of hydrogen-bond acceptors (Lipinski definition) is 3. The first-order chi connectivity index (χ1) is 8.08. The van der Waals surface area contributed by atoms with E-state index in [0.29, 0.717) is 6.54 Å². The Morgan fingerprint density at radius 2 is 2.29 bits per heavy atom. The van der Waals surface area contributed by atoms with E-state index in [0.717, 1.165) is 12.0 Å². The third-order valence-electron chi connectivity index (χ3n) is 2.92. The van der Waals surface area contributed by atoms with Gasteiger partial charge < -0.3 is 10.1 Å². The van der Waals surface area contributed by atoms with Crippen LogP contribution in [0.2, 0.25) is 0 Å². The molecule has 0 aromatic carbocycles. The Kier molecular flexibility index (Phi) is 4.12. The molecule has 2 unspecified atom stereocenters. The molecule has 0 fully saturated rings. The number of hydrogen-bond donors (Lipinski definition) is 1. The van der Waals surface area contributed by atoms with Crippen molar-refractivity contribution in [3.8, 4) is 0 Å². The van der Waals surface area contributed by atoms with Crippen LogP contribution in [0.1, 0.15) is 36.0 Å². The molecule has 1 aromatic heterocycles. The lowest BCUT2D eigenvalue weighted by Gasteiger charge is -2.26. The fourth-order valence-electron chi connectivity index (χ4n) is 2.22. The zero-order valence-corrected chi connectivity index (χ0v) is 10.8. The molecule has 5 heteroatoms. The number of nitrogens with one attached hydrogen (secondary N) is 1. The topological polar surface area (TPSA) is 21.3 Å². The fraction of sp³-hybridized carbons (Fsp3) is 0.667. The molecule has 1 aliphatic heterocycles. The molecule has 2 heterocycles. The van der Waals surface area contributed by atoms with Crippen LogP contribution in [0.15, 0.2) is 5.38 Å². The van der Waals surface area contributed by atoms with Crippen LogP contribution in [-0.4, -0.2) is 19.1 Å². The first kappa shape index (κ1) is 12.9. The molecular formula is C12H17F2NOS. The van der Waals surface area contributed by atoms with Crippen LogP contribution < -0.4 is 5.32 Å². The summed E-state index contributed by atoms with van der Waals surface area (Å²) >= 11 is 1.67. The predicted octanol–water partition coefficient (Wildman–Crippen LogP) is 3.13. The van der Waals surface area contributed by atoms with Gasteiger partial charge in [0, 0.05) is 11.4 Å². The molecule has 2 atom stereocenters. The molecule has 0 saturated heterocycles. The van der Waals surface area contributed by atoms with Gasteiger partial charge in [0.25, 0.3) is 6.43 Å². The quantitative estimate of drug-likeness (QED) is 0.899. The maximum Gasteiger partial charge on any atom is 0.250 e. The Morgan fingerprint density at radius 1 is 1.53 bits per heavy atom. The second-order valence-electron chi connectivity index (χ2n) is 4.42. The zero-order valence-electron chi connectivity index (χ0n) is 10.0. The molecule has 2 rings (SSSR count). The van der Waals surface area contributed by atoms with Gasteiger partial charge in [0.15, 0.2) is 0 Å². The van der Waals surface area contributed by atoms with E-state index in [4.69, 9.17) is 4.74 Å². The number of rotatable bonds is 4. The average molecular weight is 261 g/mol. The number of fused-ring (bicyclic) bond motifs is 1. The lowest BCUT2D eigenvalue weighted by atomic mass is 9.99. The smallest absolute Gasteiger partial charge is 0.250 e. The van der Waals surface area contributed by atoms with Crippen molar-refractivity contribution in [1.29, 1.82) is 0 Å². The van der Waals surface area contributed by atoms with Crippen LogP contribution in [0, 0.1) is 0 Å². The summed E-state index contributed by atoms with van der Waals surface area (Å²) in [5.74, 6) is 0. The van der Waals surface area contributed by atoms with E-state index in [1.165, 1.54) is 10.4 Å². The van der Waals surface area contributed by atoms with E-state index in [1.807, 2.05) is 13.8 Å². The standard InChI is InChI=1S/C12H17F2NOS/c1-7-3-10-9(4-15-5-11(13)14)6-17-12(10)8(2)16-7/h6-8,11,15H,3-5H2,1-2H3. The minimum atomic E-state index is -2.29. The van der Waals surface area contributed by atoms with Crippen molar-refractivity contribution in [2.45, 2.75) is 45.4 Å². The van der Waals surface area contributed by atoms with Crippen molar-refractivity contribution in [1.82, 2.24) is 5.32 Å². The molecule has 2 nitrogen and oxygen atoms in total. The van der Waals surface area contributed by atoms with Crippen molar-refractivity contribution < 1.29 is 13.5 Å². The van der Waals surface area contributed by atoms with Crippen molar-refractivity contribution in [2.24, 2.45) is 0 Å². The Hall–Kier alpha value is -0.520. The highest BCUT2D eigenvalue weighted by Crippen LogP contribution is 2.36. The highest BCUT2D eigenvalue weighted by Gasteiger charge is 2.25. The van der Waals surface area contributed by atoms with E-state index in [1.54, 1.807) is 11.3 Å². The summed E-state index contributed by atoms with van der Waals surface area (Å²) in [6.45, 7) is 4.37. The predicted molar refractivity (Wildman–Crippen MR) is 64.7 cm³/mol. The van der Waals surface area contributed by atoms with Gasteiger partial charge in [0.05, 0.1) is 18.8 Å². The maximum absolute atomic E-state index is 12.0. The van der Waals surface area contributed by atoms with Gasteiger partial charge in [-0.1, -0.05) is 0 Å². The van der Waals surface area contributed by atoms with Crippen LogP contribution >= 0.6 is 11.3 Å². The molecule has 0 radical (unpaired) electrons. The normalized spacial score (nSPS) is 24.1. The molecule has 0 bridgehead atoms. The molecule has 0 spiro atoms. The van der Waals surface area contributed by atoms with Crippen LogP contribution in [0.4, 0.5) is 8.78 Å². The third kappa shape index (κ3) is 3.03. The molecule has 1 aliphatic rings. The first-order valence-electron chi connectivity index (χ1n) is 5.81. The summed E-state index contributed by atoms with van der Waals surface area (Å²) in [6.07, 6.45) is -1.07. The van der Waals surface area contributed by atoms with Crippen LogP contribution in [0.25, 0.3) is 0 Å². The van der Waals surface area contributed by atoms with Crippen molar-refractivity contribution in [3.05, 3.63) is 21.4 Å². The summed E-state index contributed by atoms with van der Waals surface area (Å²) in [4.78, 5) is 1.25. The monoisotopic (exact) mass is 261 g/mol. The number of ether oxygens (including phenoxy) is 1. The second kappa shape index (κ2) is 5.42. The lowest BCUT2D eigenvalue weighted by molar-refractivity contribution is -0.00239. The third-order valence-corrected chi connectivity index (χ3v) is 4.16. The summed E-state index contributed by atoms with van der Waals surface area (Å²) in [7, 11) is 0. The van der Waals surface area contributed by atoms with Gasteiger partial charge in [-0.2, -0.15) is 0 Å². The van der Waals surface area contributed by atoms with Gasteiger partial charge >= 0.3 is 0 Å². The highest BCUT2D eigenvalue weighted by molar-refractivity contribution is 7.10. The summed E-state index contributed by atoms with van der Waals surface area (Å²) in [5, 5.41) is 4.84. The Labute approximate surface area is 104 Å². The van der Waals surface area contributed by atoms with Crippen molar-refractivity contribution in [3.63, 3.8) is 0 Å². The first-order valence-corrected chi connectivity index (χ1v) is 6.69. The summed E-state index contributed by atoms with van der Waals surface area (Å²) < 4.78 is 29.8. The van der Waals surface area contributed by atoms with E-state index in [9.17, 15) is 8.78 Å². The molecule has 0 aliphatic carbocycles. The minimum absolute atomic E-state index is 0.127. The molecule has 1 aromatic rings. The van der Waals surface area contributed by atoms with Gasteiger partial charge in [-0.05, 0) is 36.8 Å². The zero-order chi connectivity index (χ0) is 12.4. The number of thiophene rings is 1. The lowest BCUT2D eigenvalue weighted by Crippen LogP contribution is -2.24. The van der Waals surface area contributed by atoms with Crippen LogP contribution in [-0.2, 0) is 17.7 Å². The van der Waals surface area contributed by atoms with E-state index >= 15 is 0 Å². The van der Waals surface area contributed by atoms with Crippen LogP contribution in [0.5, 0.6) is 0 Å². The maximum atomic E-state index is 12.0. The van der Waals surface area contributed by atoms with Crippen molar-refractivity contribution in [2.75, 3.05) is 6.54 Å². The van der Waals surface area contributed by atoms with Crippen molar-refractivity contribution >= 4 is 11.3 Å². The van der Waals surface area contributed by atoms with E-state index < -0.39 is 6.43 Å². The van der Waals surface area contributed by atoms with Gasteiger partial charge in [0.2, 0.25) is 0 Å². The fourth-order valence-corrected chi connectivity index (χ4v) is 3.32. The van der Waals surface area contributed by atoms with Crippen LogP contribution in [0.3, 0.4) is 0 Å². The number of halogens is 2. The number of alkyl halides is 2. The molecule has 1 N–H and O–H groups in total. The van der Waals surface area contributed by atoms with Gasteiger partial charge in [-0.25, -0.2) is 8.78 Å². The summed E-state index contributed by atoms with van der Waals surface area (Å²) in [6, 6.07) is 0. The Morgan fingerprint density at radius 3 is 3.00 bits per heavy atom. The molecule has 0 amide bonds. The SMILES string of the molecule is CC1Cc2c(CNCC(F)F)csc2C(C)O1. The largest absolute Gasteiger partial charge is 0.370 e. The Bertz CT molecular complexity index is 381. The molecule has 96 valence electrons. The van der Waals surface area contributed by atoms with Gasteiger partial charge in [-0.15, -0.1) is 11.3 Å². The van der Waals surface area contributed by atoms with E-state index in [2.05, 4.69) is 10.7 Å². The highest BCUT2D eigenvalue weighted by atomic mass is 32.1. The molecule has 0 saturated carbocycles. The Balaban J connectivity index is 2.04. The average Bonchev–Trinajstić information content (AvgIpc) is 2.61. The molecular weight excluding hydrogens is 244 g/mol. The minimum Gasteiger partial charge on any atom is -0.370 e. The van der Waals surface area contributed by atoms with Gasteiger partial charge in [0.1, 0.15) is 0 Å². The van der Waals surface area contributed by atoms with E-state index in [-0.39, 0.29) is 18.8 Å². The molecule has 17 heavy (non-hydrogen) atoms. The second-order valence-corrected chi connectivity index (χ2v) is 5.33. The summed E-state index contributed by atoms with van der Waals surface area (Å²) in [5.41, 5.74) is 2.44. The van der Waals surface area contributed by atoms with Gasteiger partial charge in [-0.3, -0.25) is 0 Å².